The second kappa shape index (κ2) is 3.59. The molecule has 2 aliphatic carbocycles. The zero-order chi connectivity index (χ0) is 10.3. The van der Waals surface area contributed by atoms with Crippen molar-refractivity contribution in [2.45, 2.75) is 51.1 Å². The molecule has 0 radical (unpaired) electrons. The van der Waals surface area contributed by atoms with Gasteiger partial charge in [-0.15, -0.1) is 10.2 Å². The van der Waals surface area contributed by atoms with E-state index < -0.39 is 0 Å². The standard InChI is InChI=1S/C11H17N3O/c1-7(8-2-3-8)11-14-13-10(15-11)6-12-9-4-5-9/h7-9,12H,2-6H2,1H3. The Labute approximate surface area is 89.5 Å². The molecule has 0 amide bonds. The van der Waals surface area contributed by atoms with Gasteiger partial charge in [-0.25, -0.2) is 0 Å². The average molecular weight is 207 g/mol. The van der Waals surface area contributed by atoms with Crippen molar-refractivity contribution in [1.82, 2.24) is 15.5 Å². The molecule has 0 saturated heterocycles. The van der Waals surface area contributed by atoms with Crippen LogP contribution < -0.4 is 5.32 Å². The van der Waals surface area contributed by atoms with E-state index in [1.807, 2.05) is 0 Å². The molecule has 3 rings (SSSR count). The Balaban J connectivity index is 1.58. The first-order valence-electron chi connectivity index (χ1n) is 5.88. The highest BCUT2D eigenvalue weighted by Crippen LogP contribution is 2.41. The van der Waals surface area contributed by atoms with Gasteiger partial charge in [0.05, 0.1) is 6.54 Å². The predicted octanol–water partition coefficient (Wildman–Crippen LogP) is 1.84. The van der Waals surface area contributed by atoms with E-state index in [4.69, 9.17) is 4.42 Å². The van der Waals surface area contributed by atoms with Gasteiger partial charge in [-0.1, -0.05) is 6.92 Å². The molecule has 0 aliphatic heterocycles. The molecule has 1 unspecified atom stereocenters. The second-order valence-corrected chi connectivity index (χ2v) is 4.82. The molecule has 1 aromatic heterocycles. The maximum Gasteiger partial charge on any atom is 0.230 e. The molecule has 0 aromatic carbocycles. The van der Waals surface area contributed by atoms with Gasteiger partial charge in [-0.3, -0.25) is 0 Å². The first-order valence-corrected chi connectivity index (χ1v) is 5.88. The van der Waals surface area contributed by atoms with Gasteiger partial charge in [-0.05, 0) is 31.6 Å². The van der Waals surface area contributed by atoms with Crippen molar-refractivity contribution in [2.75, 3.05) is 0 Å². The summed E-state index contributed by atoms with van der Waals surface area (Å²) in [5.41, 5.74) is 0. The average Bonchev–Trinajstić information content (AvgIpc) is 3.13. The maximum absolute atomic E-state index is 5.64. The molecule has 4 heteroatoms. The lowest BCUT2D eigenvalue weighted by atomic mass is 10.1. The van der Waals surface area contributed by atoms with Crippen molar-refractivity contribution in [1.29, 1.82) is 0 Å². The van der Waals surface area contributed by atoms with Crippen LogP contribution in [0.5, 0.6) is 0 Å². The summed E-state index contributed by atoms with van der Waals surface area (Å²) < 4.78 is 5.64. The highest BCUT2D eigenvalue weighted by molar-refractivity contribution is 4.97. The van der Waals surface area contributed by atoms with Crippen LogP contribution in [0, 0.1) is 5.92 Å². The van der Waals surface area contributed by atoms with Crippen LogP contribution in [0.4, 0.5) is 0 Å². The molecule has 0 spiro atoms. The molecule has 2 aliphatic rings. The van der Waals surface area contributed by atoms with Gasteiger partial charge < -0.3 is 9.73 Å². The number of hydrogen-bond donors (Lipinski definition) is 1. The fourth-order valence-electron chi connectivity index (χ4n) is 1.84. The highest BCUT2D eigenvalue weighted by atomic mass is 16.4. The molecular formula is C11H17N3O. The topological polar surface area (TPSA) is 51.0 Å². The number of nitrogens with zero attached hydrogens (tertiary/aromatic N) is 2. The molecule has 82 valence electrons. The Kier molecular flexibility index (Phi) is 2.24. The van der Waals surface area contributed by atoms with Gasteiger partial charge in [0.2, 0.25) is 11.8 Å². The summed E-state index contributed by atoms with van der Waals surface area (Å²) >= 11 is 0. The van der Waals surface area contributed by atoms with Gasteiger partial charge in [0.25, 0.3) is 0 Å². The van der Waals surface area contributed by atoms with E-state index in [2.05, 4.69) is 22.4 Å². The third-order valence-corrected chi connectivity index (χ3v) is 3.32. The van der Waals surface area contributed by atoms with Crippen LogP contribution in [0.25, 0.3) is 0 Å². The van der Waals surface area contributed by atoms with Crippen molar-refractivity contribution in [3.05, 3.63) is 11.8 Å². The Morgan fingerprint density at radius 2 is 2.13 bits per heavy atom. The maximum atomic E-state index is 5.64. The summed E-state index contributed by atoms with van der Waals surface area (Å²) in [6.07, 6.45) is 5.22. The van der Waals surface area contributed by atoms with Gasteiger partial charge >= 0.3 is 0 Å². The SMILES string of the molecule is CC(c1nnc(CNC2CC2)o1)C1CC1. The lowest BCUT2D eigenvalue weighted by Crippen LogP contribution is -2.15. The Morgan fingerprint density at radius 3 is 2.80 bits per heavy atom. The Bertz CT molecular complexity index is 341. The van der Waals surface area contributed by atoms with Gasteiger partial charge in [-0.2, -0.15) is 0 Å². The van der Waals surface area contributed by atoms with E-state index in [-0.39, 0.29) is 0 Å². The highest BCUT2D eigenvalue weighted by Gasteiger charge is 2.32. The lowest BCUT2D eigenvalue weighted by molar-refractivity contribution is 0.397. The van der Waals surface area contributed by atoms with Crippen LogP contribution in [0.1, 0.15) is 50.3 Å². The van der Waals surface area contributed by atoms with Gasteiger partial charge in [0, 0.05) is 12.0 Å². The quantitative estimate of drug-likeness (QED) is 0.800. The van der Waals surface area contributed by atoms with Crippen LogP contribution >= 0.6 is 0 Å². The minimum absolute atomic E-state index is 0.451. The van der Waals surface area contributed by atoms with Crippen molar-refractivity contribution in [3.8, 4) is 0 Å². The summed E-state index contributed by atoms with van der Waals surface area (Å²) in [5, 5.41) is 11.6. The van der Waals surface area contributed by atoms with E-state index in [0.717, 1.165) is 24.2 Å². The van der Waals surface area contributed by atoms with Crippen LogP contribution in [-0.2, 0) is 6.54 Å². The zero-order valence-electron chi connectivity index (χ0n) is 9.07. The minimum Gasteiger partial charge on any atom is -0.424 e. The van der Waals surface area contributed by atoms with E-state index in [1.165, 1.54) is 25.7 Å². The number of rotatable bonds is 5. The lowest BCUT2D eigenvalue weighted by Gasteiger charge is -2.02. The molecule has 2 fully saturated rings. The molecule has 1 heterocycles. The normalized spacial score (nSPS) is 23.0. The van der Waals surface area contributed by atoms with Crippen LogP contribution in [0.2, 0.25) is 0 Å². The van der Waals surface area contributed by atoms with Crippen LogP contribution in [-0.4, -0.2) is 16.2 Å². The van der Waals surface area contributed by atoms with Crippen molar-refractivity contribution in [2.24, 2.45) is 5.92 Å². The smallest absolute Gasteiger partial charge is 0.230 e. The van der Waals surface area contributed by atoms with Crippen LogP contribution in [0.3, 0.4) is 0 Å². The first kappa shape index (κ1) is 9.33. The molecule has 1 N–H and O–H groups in total. The molecule has 2 saturated carbocycles. The first-order chi connectivity index (χ1) is 7.33. The van der Waals surface area contributed by atoms with Gasteiger partial charge in [0.15, 0.2) is 0 Å². The molecule has 0 bridgehead atoms. The summed E-state index contributed by atoms with van der Waals surface area (Å²) in [6, 6.07) is 0.696. The second-order valence-electron chi connectivity index (χ2n) is 4.82. The Morgan fingerprint density at radius 1 is 1.33 bits per heavy atom. The number of hydrogen-bond acceptors (Lipinski definition) is 4. The summed E-state index contributed by atoms with van der Waals surface area (Å²) in [6.45, 7) is 2.92. The summed E-state index contributed by atoms with van der Waals surface area (Å²) in [5.74, 6) is 2.80. The third-order valence-electron chi connectivity index (χ3n) is 3.32. The van der Waals surface area contributed by atoms with Crippen molar-refractivity contribution < 1.29 is 4.42 Å². The Hall–Kier alpha value is -0.900. The van der Waals surface area contributed by atoms with E-state index in [1.54, 1.807) is 0 Å². The number of aromatic nitrogens is 2. The zero-order valence-corrected chi connectivity index (χ0v) is 9.07. The van der Waals surface area contributed by atoms with Crippen LogP contribution in [0.15, 0.2) is 4.42 Å². The fraction of sp³-hybridized carbons (Fsp3) is 0.818. The largest absolute Gasteiger partial charge is 0.424 e. The monoisotopic (exact) mass is 207 g/mol. The minimum atomic E-state index is 0.451. The van der Waals surface area contributed by atoms with Crippen molar-refractivity contribution in [3.63, 3.8) is 0 Å². The third kappa shape index (κ3) is 2.20. The molecule has 1 aromatic rings. The van der Waals surface area contributed by atoms with Crippen molar-refractivity contribution >= 4 is 0 Å². The van der Waals surface area contributed by atoms with E-state index >= 15 is 0 Å². The summed E-state index contributed by atoms with van der Waals surface area (Å²) in [7, 11) is 0. The fourth-order valence-corrected chi connectivity index (χ4v) is 1.84. The molecule has 1 atom stereocenters. The molecule has 4 nitrogen and oxygen atoms in total. The predicted molar refractivity (Wildman–Crippen MR) is 55.3 cm³/mol. The number of nitrogens with one attached hydrogen (secondary N) is 1. The van der Waals surface area contributed by atoms with E-state index in [0.29, 0.717) is 12.0 Å². The van der Waals surface area contributed by atoms with E-state index in [9.17, 15) is 0 Å². The molecular weight excluding hydrogens is 190 g/mol. The molecule has 15 heavy (non-hydrogen) atoms. The summed E-state index contributed by atoms with van der Waals surface area (Å²) in [4.78, 5) is 0. The van der Waals surface area contributed by atoms with Gasteiger partial charge in [0.1, 0.15) is 0 Å².